The maximum atomic E-state index is 10.7. The van der Waals surface area contributed by atoms with E-state index in [1.807, 2.05) is 20.8 Å². The van der Waals surface area contributed by atoms with Crippen LogP contribution in [0.3, 0.4) is 0 Å². The molecule has 1 N–H and O–H groups in total. The molecule has 0 fully saturated rings. The van der Waals surface area contributed by atoms with Gasteiger partial charge in [0.25, 0.3) is 10.1 Å². The summed E-state index contributed by atoms with van der Waals surface area (Å²) in [5, 5.41) is 0. The van der Waals surface area contributed by atoms with Crippen molar-refractivity contribution in [3.63, 3.8) is 0 Å². The number of ether oxygens (including phenoxy) is 1. The molecule has 0 aliphatic rings. The first kappa shape index (κ1) is 15.9. The van der Waals surface area contributed by atoms with Crippen molar-refractivity contribution in [3.8, 4) is 5.75 Å². The average Bonchev–Trinajstić information content (AvgIpc) is 2.00. The zero-order valence-electron chi connectivity index (χ0n) is 10.9. The van der Waals surface area contributed by atoms with Crippen molar-refractivity contribution >= 4 is 10.1 Å². The average molecular weight is 254 g/mol. The van der Waals surface area contributed by atoms with E-state index in [1.165, 1.54) is 24.3 Å². The van der Waals surface area contributed by atoms with E-state index in [2.05, 4.69) is 0 Å². The second-order valence-electron chi connectivity index (χ2n) is 4.16. The van der Waals surface area contributed by atoms with Gasteiger partial charge in [-0.2, -0.15) is 8.42 Å². The first-order chi connectivity index (χ1) is 6.68. The molecule has 4 nitrogen and oxygen atoms in total. The molecule has 0 atom stereocenters. The van der Waals surface area contributed by atoms with Crippen molar-refractivity contribution in [1.29, 1.82) is 0 Å². The molecule has 0 amide bonds. The molecule has 0 aliphatic heterocycles. The van der Waals surface area contributed by atoms with Gasteiger partial charge in [0.1, 0.15) is 11.4 Å². The molecular weight excluding hydrogens is 239 g/mol. The predicted octanol–water partition coefficient (Wildman–Crippen LogP) is -0.773. The Kier molecular flexibility index (Phi) is 5.49. The minimum atomic E-state index is -4.12. The van der Waals surface area contributed by atoms with Crippen LogP contribution in [0.2, 0.25) is 0 Å². The van der Waals surface area contributed by atoms with E-state index in [0.717, 1.165) is 0 Å². The van der Waals surface area contributed by atoms with E-state index >= 15 is 0 Å². The minimum Gasteiger partial charge on any atom is -1.00 e. The van der Waals surface area contributed by atoms with E-state index in [4.69, 9.17) is 9.29 Å². The number of hydrogen-bond donors (Lipinski definition) is 1. The smallest absolute Gasteiger partial charge is 1.00 e. The second kappa shape index (κ2) is 5.51. The van der Waals surface area contributed by atoms with E-state index in [0.29, 0.717) is 5.75 Å². The SMILES string of the molecule is CC(C)(C)Oc1ccc(S(=O)(=O)O)cc1.[H-].[Na+]. The van der Waals surface area contributed by atoms with Crippen molar-refractivity contribution in [2.75, 3.05) is 0 Å². The molecule has 0 spiro atoms. The van der Waals surface area contributed by atoms with Gasteiger partial charge in [-0.1, -0.05) is 0 Å². The predicted molar refractivity (Wildman–Crippen MR) is 57.7 cm³/mol. The molecule has 16 heavy (non-hydrogen) atoms. The first-order valence-corrected chi connectivity index (χ1v) is 5.89. The molecule has 0 bridgehead atoms. The molecule has 1 aromatic carbocycles. The van der Waals surface area contributed by atoms with Gasteiger partial charge >= 0.3 is 29.6 Å². The Balaban J connectivity index is 0. The van der Waals surface area contributed by atoms with Crippen LogP contribution in [0.15, 0.2) is 29.2 Å². The standard InChI is InChI=1S/C10H14O4S.Na.H/c1-10(2,3)14-8-4-6-9(7-5-8)15(11,12)13;;/h4-7H,1-3H3,(H,11,12,13);;/q;+1;-1. The molecule has 1 aromatic rings. The fraction of sp³-hybridized carbons (Fsp3) is 0.400. The van der Waals surface area contributed by atoms with E-state index < -0.39 is 10.1 Å². The van der Waals surface area contributed by atoms with Crippen molar-refractivity contribution in [3.05, 3.63) is 24.3 Å². The Labute approximate surface area is 120 Å². The van der Waals surface area contributed by atoms with Crippen molar-refractivity contribution in [2.24, 2.45) is 0 Å². The van der Waals surface area contributed by atoms with Crippen LogP contribution in [0, 0.1) is 0 Å². The van der Waals surface area contributed by atoms with Crippen LogP contribution in [-0.4, -0.2) is 18.6 Å². The molecule has 0 saturated heterocycles. The normalized spacial score (nSPS) is 11.8. The van der Waals surface area contributed by atoms with Crippen molar-refractivity contribution in [2.45, 2.75) is 31.3 Å². The van der Waals surface area contributed by atoms with Gasteiger partial charge in [0.15, 0.2) is 0 Å². The summed E-state index contributed by atoms with van der Waals surface area (Å²) in [6.07, 6.45) is 0. The fourth-order valence-corrected chi connectivity index (χ4v) is 1.51. The van der Waals surface area contributed by atoms with Crippen LogP contribution in [0.1, 0.15) is 22.2 Å². The molecule has 1 rings (SSSR count). The quantitative estimate of drug-likeness (QED) is 0.556. The summed E-state index contributed by atoms with van der Waals surface area (Å²) in [5.74, 6) is 0.565. The molecule has 6 heteroatoms. The van der Waals surface area contributed by atoms with Gasteiger partial charge in [0, 0.05) is 0 Å². The zero-order chi connectivity index (χ0) is 11.7. The largest absolute Gasteiger partial charge is 1.00 e. The van der Waals surface area contributed by atoms with Crippen LogP contribution < -0.4 is 34.3 Å². The van der Waals surface area contributed by atoms with Crippen LogP contribution in [0.4, 0.5) is 0 Å². The molecule has 86 valence electrons. The third-order valence-corrected chi connectivity index (χ3v) is 2.41. The number of rotatable bonds is 2. The number of hydrogen-bond acceptors (Lipinski definition) is 3. The molecule has 0 saturated carbocycles. The third-order valence-electron chi connectivity index (χ3n) is 1.55. The molecule has 0 aliphatic carbocycles. The van der Waals surface area contributed by atoms with Gasteiger partial charge < -0.3 is 6.16 Å². The van der Waals surface area contributed by atoms with Crippen LogP contribution in [-0.2, 0) is 10.1 Å². The van der Waals surface area contributed by atoms with Crippen LogP contribution in [0.25, 0.3) is 0 Å². The summed E-state index contributed by atoms with van der Waals surface area (Å²) < 4.78 is 35.7. The van der Waals surface area contributed by atoms with Gasteiger partial charge in [-0.15, -0.1) is 0 Å². The van der Waals surface area contributed by atoms with Gasteiger partial charge in [0.05, 0.1) is 4.90 Å². The van der Waals surface area contributed by atoms with Crippen LogP contribution >= 0.6 is 0 Å². The maximum Gasteiger partial charge on any atom is 1.00 e. The summed E-state index contributed by atoms with van der Waals surface area (Å²) in [5.41, 5.74) is -0.334. The van der Waals surface area contributed by atoms with Crippen molar-refractivity contribution < 1.29 is 48.7 Å². The Morgan fingerprint density at radius 2 is 1.62 bits per heavy atom. The Morgan fingerprint density at radius 3 is 1.94 bits per heavy atom. The molecular formula is C10H15NaO4S. The first-order valence-electron chi connectivity index (χ1n) is 4.45. The topological polar surface area (TPSA) is 63.6 Å². The van der Waals surface area contributed by atoms with E-state index in [-0.39, 0.29) is 41.5 Å². The molecule has 0 unspecified atom stereocenters. The van der Waals surface area contributed by atoms with E-state index in [9.17, 15) is 8.42 Å². The van der Waals surface area contributed by atoms with Gasteiger partial charge in [-0.3, -0.25) is 4.55 Å². The Bertz CT molecular complexity index is 436. The van der Waals surface area contributed by atoms with Gasteiger partial charge in [-0.25, -0.2) is 0 Å². The van der Waals surface area contributed by atoms with Crippen LogP contribution in [0.5, 0.6) is 5.75 Å². The summed E-state index contributed by atoms with van der Waals surface area (Å²) in [6, 6.07) is 5.62. The molecule has 0 aromatic heterocycles. The fourth-order valence-electron chi connectivity index (χ4n) is 1.03. The van der Waals surface area contributed by atoms with Gasteiger partial charge in [-0.05, 0) is 45.0 Å². The summed E-state index contributed by atoms with van der Waals surface area (Å²) in [4.78, 5) is -0.135. The van der Waals surface area contributed by atoms with Crippen molar-refractivity contribution in [1.82, 2.24) is 0 Å². The van der Waals surface area contributed by atoms with Gasteiger partial charge in [0.2, 0.25) is 0 Å². The third kappa shape index (κ3) is 5.32. The zero-order valence-corrected chi connectivity index (χ0v) is 12.7. The minimum absolute atomic E-state index is 0. The maximum absolute atomic E-state index is 10.7. The Morgan fingerprint density at radius 1 is 1.19 bits per heavy atom. The summed E-state index contributed by atoms with van der Waals surface area (Å²) >= 11 is 0. The van der Waals surface area contributed by atoms with E-state index in [1.54, 1.807) is 0 Å². The Hall–Kier alpha value is -0.0700. The molecule has 0 radical (unpaired) electrons. The number of benzene rings is 1. The monoisotopic (exact) mass is 254 g/mol. The summed E-state index contributed by atoms with van der Waals surface area (Å²) in [6.45, 7) is 5.68. The second-order valence-corrected chi connectivity index (χ2v) is 5.58. The summed E-state index contributed by atoms with van der Waals surface area (Å²) in [7, 11) is -4.12. The molecule has 0 heterocycles.